The van der Waals surface area contributed by atoms with E-state index in [1.807, 2.05) is 12.2 Å². The number of hydrogen-bond donors (Lipinski definition) is 3. The fraction of sp³-hybridized carbons (Fsp3) is 0.0769. The zero-order valence-corrected chi connectivity index (χ0v) is 9.28. The molecule has 0 spiro atoms. The number of fused-ring (bicyclic) bond motifs is 3. The van der Waals surface area contributed by atoms with Gasteiger partial charge in [0.1, 0.15) is 5.82 Å². The second-order valence-electron chi connectivity index (χ2n) is 4.53. The number of carbonyl (C=O) groups excluding carboxylic acids is 1. The molecule has 1 heterocycles. The van der Waals surface area contributed by atoms with Crippen molar-refractivity contribution < 1.29 is 4.79 Å². The third-order valence-corrected chi connectivity index (χ3v) is 3.37. The Morgan fingerprint density at radius 3 is 2.94 bits per heavy atom. The minimum absolute atomic E-state index is 0.204. The summed E-state index contributed by atoms with van der Waals surface area (Å²) >= 11 is 0. The van der Waals surface area contributed by atoms with Crippen molar-refractivity contribution in [1.82, 2.24) is 10.2 Å². The molecule has 5 heteroatoms. The summed E-state index contributed by atoms with van der Waals surface area (Å²) in [5, 5.41) is 7.63. The van der Waals surface area contributed by atoms with Gasteiger partial charge in [-0.3, -0.25) is 19.8 Å². The van der Waals surface area contributed by atoms with Gasteiger partial charge in [0.2, 0.25) is 0 Å². The number of nitrogens with one attached hydrogen (secondary N) is 3. The van der Waals surface area contributed by atoms with E-state index in [0.29, 0.717) is 17.3 Å². The summed E-state index contributed by atoms with van der Waals surface area (Å²) in [4.78, 5) is 23.0. The van der Waals surface area contributed by atoms with Crippen molar-refractivity contribution in [3.8, 4) is 0 Å². The number of amides is 1. The molecule has 3 N–H and O–H groups in total. The van der Waals surface area contributed by atoms with Gasteiger partial charge in [-0.1, -0.05) is 12.2 Å². The largest absolute Gasteiger partial charge is 0.307 e. The van der Waals surface area contributed by atoms with Gasteiger partial charge in [-0.15, -0.1) is 0 Å². The third-order valence-electron chi connectivity index (χ3n) is 3.37. The number of H-pyrrole nitrogens is 2. The number of carbonyl (C=O) groups is 1. The standard InChI is InChI=1S/C13H9N3O2/c17-12-5-11(15-16-12)14-13(18)8-2-1-7-9-3-6(9)4-10(7)8/h1-5,9H,(H3,14,15,16,17,18). The van der Waals surface area contributed by atoms with E-state index in [-0.39, 0.29) is 11.5 Å². The zero-order valence-electron chi connectivity index (χ0n) is 9.28. The van der Waals surface area contributed by atoms with Gasteiger partial charge in [0.05, 0.1) is 0 Å². The van der Waals surface area contributed by atoms with E-state index in [1.54, 1.807) is 0 Å². The van der Waals surface area contributed by atoms with Crippen LogP contribution in [0, 0.1) is 5.92 Å². The van der Waals surface area contributed by atoms with Crippen LogP contribution in [0.25, 0.3) is 0 Å². The molecule has 1 aromatic heterocycles. The predicted octanol–water partition coefficient (Wildman–Crippen LogP) is 1.00. The lowest BCUT2D eigenvalue weighted by molar-refractivity contribution is -0.112. The van der Waals surface area contributed by atoms with E-state index in [0.717, 1.165) is 5.57 Å². The molecule has 3 aliphatic carbocycles. The highest BCUT2D eigenvalue weighted by molar-refractivity contribution is 6.09. The lowest BCUT2D eigenvalue weighted by Crippen LogP contribution is -2.15. The zero-order chi connectivity index (χ0) is 12.3. The molecule has 1 aromatic rings. The molecule has 3 aliphatic rings. The van der Waals surface area contributed by atoms with Gasteiger partial charge in [-0.2, -0.15) is 0 Å². The van der Waals surface area contributed by atoms with E-state index in [9.17, 15) is 9.59 Å². The predicted molar refractivity (Wildman–Crippen MR) is 65.9 cm³/mol. The maximum absolute atomic E-state index is 12.1. The van der Waals surface area contributed by atoms with Crippen LogP contribution in [0.1, 0.15) is 0 Å². The molecule has 0 aliphatic heterocycles. The first-order chi connectivity index (χ1) is 8.72. The normalized spacial score (nSPS) is 22.6. The second-order valence-corrected chi connectivity index (χ2v) is 4.53. The monoisotopic (exact) mass is 239 g/mol. The number of hydrogen-bond acceptors (Lipinski definition) is 2. The van der Waals surface area contributed by atoms with Crippen molar-refractivity contribution >= 4 is 11.7 Å². The van der Waals surface area contributed by atoms with Crippen LogP contribution in [0.3, 0.4) is 0 Å². The van der Waals surface area contributed by atoms with E-state index in [1.165, 1.54) is 17.2 Å². The van der Waals surface area contributed by atoms with Crippen LogP contribution in [0.2, 0.25) is 0 Å². The highest BCUT2D eigenvalue weighted by atomic mass is 16.2. The lowest BCUT2D eigenvalue weighted by Gasteiger charge is -2.06. The Bertz CT molecular complexity index is 755. The minimum Gasteiger partial charge on any atom is -0.307 e. The molecule has 0 bridgehead atoms. The van der Waals surface area contributed by atoms with Crippen LogP contribution >= 0.6 is 0 Å². The molecule has 0 radical (unpaired) electrons. The van der Waals surface area contributed by atoms with E-state index in [2.05, 4.69) is 27.7 Å². The summed E-state index contributed by atoms with van der Waals surface area (Å²) in [6.45, 7) is 0. The number of aromatic nitrogens is 2. The number of rotatable bonds is 2. The Balaban J connectivity index is 1.58. The van der Waals surface area contributed by atoms with Gasteiger partial charge in [-0.05, 0) is 28.9 Å². The van der Waals surface area contributed by atoms with Crippen molar-refractivity contribution in [2.75, 3.05) is 5.32 Å². The lowest BCUT2D eigenvalue weighted by atomic mass is 10.0. The Morgan fingerprint density at radius 1 is 1.28 bits per heavy atom. The molecular formula is C13H9N3O2. The van der Waals surface area contributed by atoms with Crippen molar-refractivity contribution in [1.29, 1.82) is 0 Å². The van der Waals surface area contributed by atoms with Gasteiger partial charge >= 0.3 is 0 Å². The molecule has 1 amide bonds. The molecule has 0 saturated heterocycles. The summed E-state index contributed by atoms with van der Waals surface area (Å²) in [6, 6.07) is 1.31. The third kappa shape index (κ3) is 1.21. The Kier molecular flexibility index (Phi) is 1.58. The summed E-state index contributed by atoms with van der Waals surface area (Å²) in [6.07, 6.45) is 8.04. The maximum Gasteiger partial charge on any atom is 0.266 e. The molecule has 0 saturated carbocycles. The Hall–Kier alpha value is -2.56. The molecule has 88 valence electrons. The summed E-state index contributed by atoms with van der Waals surface area (Å²) in [5.74, 6) is 0.612. The van der Waals surface area contributed by atoms with Crippen molar-refractivity contribution in [2.45, 2.75) is 0 Å². The van der Waals surface area contributed by atoms with Crippen LogP contribution in [-0.4, -0.2) is 16.1 Å². The van der Waals surface area contributed by atoms with Crippen LogP contribution < -0.4 is 10.9 Å². The summed E-state index contributed by atoms with van der Waals surface area (Å²) in [7, 11) is 0. The van der Waals surface area contributed by atoms with Crippen molar-refractivity contribution in [2.24, 2.45) is 5.92 Å². The fourth-order valence-electron chi connectivity index (χ4n) is 2.45. The quantitative estimate of drug-likeness (QED) is 0.720. The molecule has 5 nitrogen and oxygen atoms in total. The highest BCUT2D eigenvalue weighted by Gasteiger charge is 2.39. The van der Waals surface area contributed by atoms with Crippen LogP contribution in [-0.2, 0) is 4.79 Å². The minimum atomic E-state index is -0.268. The topological polar surface area (TPSA) is 77.8 Å². The summed E-state index contributed by atoms with van der Waals surface area (Å²) < 4.78 is 0. The van der Waals surface area contributed by atoms with E-state index >= 15 is 0 Å². The molecule has 18 heavy (non-hydrogen) atoms. The van der Waals surface area contributed by atoms with Crippen LogP contribution in [0.15, 0.2) is 57.5 Å². The molecule has 1 unspecified atom stereocenters. The van der Waals surface area contributed by atoms with Crippen LogP contribution in [0.5, 0.6) is 0 Å². The molecule has 1 atom stereocenters. The SMILES string of the molecule is O=C(Nc1cc(=O)[nH][nH]1)C1=CC=C2C1=CC1=CC12. The molecule has 0 aromatic carbocycles. The van der Waals surface area contributed by atoms with Gasteiger partial charge in [0.25, 0.3) is 11.5 Å². The number of anilines is 1. The van der Waals surface area contributed by atoms with Gasteiger partial charge in [-0.25, -0.2) is 0 Å². The highest BCUT2D eigenvalue weighted by Crippen LogP contribution is 2.51. The first kappa shape index (κ1) is 9.47. The number of allylic oxidation sites excluding steroid dienone is 6. The smallest absolute Gasteiger partial charge is 0.266 e. The van der Waals surface area contributed by atoms with Gasteiger partial charge in [0.15, 0.2) is 0 Å². The summed E-state index contributed by atoms with van der Waals surface area (Å²) in [5.41, 5.74) is 3.89. The maximum atomic E-state index is 12.1. The molecular weight excluding hydrogens is 230 g/mol. The van der Waals surface area contributed by atoms with Crippen LogP contribution in [0.4, 0.5) is 5.82 Å². The first-order valence-corrected chi connectivity index (χ1v) is 5.67. The van der Waals surface area contributed by atoms with E-state index in [4.69, 9.17) is 0 Å². The Labute approximate surface area is 102 Å². The average Bonchev–Trinajstić information content (AvgIpc) is 2.72. The molecule has 4 rings (SSSR count). The first-order valence-electron chi connectivity index (χ1n) is 5.67. The Morgan fingerprint density at radius 2 is 2.17 bits per heavy atom. The van der Waals surface area contributed by atoms with E-state index < -0.39 is 0 Å². The van der Waals surface area contributed by atoms with Crippen molar-refractivity contribution in [3.63, 3.8) is 0 Å². The second kappa shape index (κ2) is 3.01. The average molecular weight is 239 g/mol. The molecule has 0 fully saturated rings. The number of aromatic amines is 2. The fourth-order valence-corrected chi connectivity index (χ4v) is 2.45. The van der Waals surface area contributed by atoms with Gasteiger partial charge < -0.3 is 5.32 Å². The van der Waals surface area contributed by atoms with Gasteiger partial charge in [0, 0.05) is 17.6 Å². The van der Waals surface area contributed by atoms with Crippen molar-refractivity contribution in [3.05, 3.63) is 63.0 Å².